The predicted octanol–water partition coefficient (Wildman–Crippen LogP) is 4.30. The van der Waals surface area contributed by atoms with Gasteiger partial charge in [0.25, 0.3) is 5.88 Å². The van der Waals surface area contributed by atoms with E-state index in [9.17, 15) is 31.1 Å². The molecule has 0 aliphatic carbocycles. The standard InChI is InChI=1S/C22H26F6N6O3/c1-5-34(21(35)32-17(22(26,27)28)7-6-14(23)18(24)25)10-12-8-13(16(36-3)9-30-12)15-11-33(2)19(29)20(31-15)37-4/h8-9,11,17,29H,5-7,10H2,1-4H3,(H,32,35). The summed E-state index contributed by atoms with van der Waals surface area (Å²) in [7, 11) is 4.35. The van der Waals surface area contributed by atoms with Crippen molar-refractivity contribution in [3.8, 4) is 22.9 Å². The number of halogens is 6. The van der Waals surface area contributed by atoms with Gasteiger partial charge in [0.15, 0.2) is 11.3 Å². The number of nitrogens with zero attached hydrogens (tertiary/aromatic N) is 4. The smallest absolute Gasteiger partial charge is 0.408 e. The minimum atomic E-state index is -4.99. The minimum absolute atomic E-state index is 0.0113. The topological polar surface area (TPSA) is 105 Å². The maximum absolute atomic E-state index is 13.4. The highest BCUT2D eigenvalue weighted by molar-refractivity contribution is 5.74. The number of rotatable bonds is 10. The van der Waals surface area contributed by atoms with Crippen molar-refractivity contribution < 1.29 is 40.6 Å². The molecule has 0 bridgehead atoms. The van der Waals surface area contributed by atoms with E-state index in [2.05, 4.69) is 9.97 Å². The van der Waals surface area contributed by atoms with Crippen LogP contribution in [-0.2, 0) is 13.6 Å². The summed E-state index contributed by atoms with van der Waals surface area (Å²) in [4.78, 5) is 22.1. The number of methoxy groups -OCH3 is 2. The summed E-state index contributed by atoms with van der Waals surface area (Å²) in [6, 6.07) is -2.16. The summed E-state index contributed by atoms with van der Waals surface area (Å²) in [5, 5.41) is 9.72. The number of hydrogen-bond acceptors (Lipinski definition) is 6. The van der Waals surface area contributed by atoms with Crippen molar-refractivity contribution in [2.24, 2.45) is 7.05 Å². The normalized spacial score (nSPS) is 12.1. The van der Waals surface area contributed by atoms with Gasteiger partial charge >= 0.3 is 18.3 Å². The summed E-state index contributed by atoms with van der Waals surface area (Å²) in [5.41, 5.74) is 1.04. The number of nitrogens with one attached hydrogen (secondary N) is 2. The molecule has 0 aliphatic heterocycles. The third-order valence-electron chi connectivity index (χ3n) is 5.28. The fraction of sp³-hybridized carbons (Fsp3) is 0.455. The zero-order valence-electron chi connectivity index (χ0n) is 20.4. The van der Waals surface area contributed by atoms with E-state index < -0.39 is 43.0 Å². The van der Waals surface area contributed by atoms with Gasteiger partial charge in [-0.05, 0) is 19.4 Å². The SMILES string of the molecule is CCN(Cc1cc(-c2cn(C)c(=N)c(OC)n2)c(OC)cn1)C(=O)NC(CCC(F)=C(F)F)C(F)(F)F. The lowest BCUT2D eigenvalue weighted by Gasteiger charge is -2.27. The quantitative estimate of drug-likeness (QED) is 0.441. The Morgan fingerprint density at radius 3 is 2.46 bits per heavy atom. The van der Waals surface area contributed by atoms with Crippen LogP contribution in [0.25, 0.3) is 11.3 Å². The van der Waals surface area contributed by atoms with Gasteiger partial charge in [-0.15, -0.1) is 0 Å². The average Bonchev–Trinajstić information content (AvgIpc) is 2.85. The number of hydrogen-bond donors (Lipinski definition) is 2. The molecule has 0 saturated heterocycles. The zero-order chi connectivity index (χ0) is 27.9. The summed E-state index contributed by atoms with van der Waals surface area (Å²) in [6.45, 7) is 1.27. The Bertz CT molecular complexity index is 1200. The molecule has 37 heavy (non-hydrogen) atoms. The van der Waals surface area contributed by atoms with Gasteiger partial charge in [-0.2, -0.15) is 22.0 Å². The van der Waals surface area contributed by atoms with E-state index in [-0.39, 0.29) is 30.2 Å². The van der Waals surface area contributed by atoms with Crippen LogP contribution < -0.4 is 20.3 Å². The molecule has 2 aromatic rings. The molecule has 15 heteroatoms. The van der Waals surface area contributed by atoms with E-state index in [1.54, 1.807) is 18.6 Å². The first-order chi connectivity index (χ1) is 17.3. The Hall–Kier alpha value is -3.78. The Morgan fingerprint density at radius 2 is 1.92 bits per heavy atom. The van der Waals surface area contributed by atoms with Crippen molar-refractivity contribution in [3.63, 3.8) is 0 Å². The minimum Gasteiger partial charge on any atom is -0.494 e. The zero-order valence-corrected chi connectivity index (χ0v) is 20.4. The predicted molar refractivity (Wildman–Crippen MR) is 119 cm³/mol. The van der Waals surface area contributed by atoms with Crippen LogP contribution in [0.15, 0.2) is 30.4 Å². The first kappa shape index (κ1) is 29.5. The third kappa shape index (κ3) is 7.60. The number of alkyl halides is 3. The fourth-order valence-corrected chi connectivity index (χ4v) is 3.24. The number of aromatic nitrogens is 3. The van der Waals surface area contributed by atoms with E-state index in [4.69, 9.17) is 14.9 Å². The van der Waals surface area contributed by atoms with Gasteiger partial charge in [-0.25, -0.2) is 14.2 Å². The van der Waals surface area contributed by atoms with E-state index in [1.165, 1.54) is 38.0 Å². The van der Waals surface area contributed by atoms with Crippen molar-refractivity contribution in [2.45, 2.75) is 38.5 Å². The fourth-order valence-electron chi connectivity index (χ4n) is 3.24. The summed E-state index contributed by atoms with van der Waals surface area (Å²) >= 11 is 0. The highest BCUT2D eigenvalue weighted by Gasteiger charge is 2.41. The maximum atomic E-state index is 13.4. The van der Waals surface area contributed by atoms with Gasteiger partial charge in [0.2, 0.25) is 0 Å². The summed E-state index contributed by atoms with van der Waals surface area (Å²) in [5.74, 6) is -1.63. The molecule has 2 aromatic heterocycles. The molecule has 1 atom stereocenters. The van der Waals surface area contributed by atoms with Gasteiger partial charge in [-0.3, -0.25) is 10.4 Å². The molecule has 9 nitrogen and oxygen atoms in total. The van der Waals surface area contributed by atoms with Gasteiger partial charge < -0.3 is 24.3 Å². The molecule has 2 N–H and O–H groups in total. The number of amides is 2. The first-order valence-corrected chi connectivity index (χ1v) is 10.8. The van der Waals surface area contributed by atoms with E-state index >= 15 is 0 Å². The third-order valence-corrected chi connectivity index (χ3v) is 5.28. The largest absolute Gasteiger partial charge is 0.494 e. The number of urea groups is 1. The maximum Gasteiger partial charge on any atom is 0.408 e. The van der Waals surface area contributed by atoms with Crippen molar-refractivity contribution in [3.05, 3.63) is 41.5 Å². The Labute approximate surface area is 208 Å². The molecule has 204 valence electrons. The lowest BCUT2D eigenvalue weighted by molar-refractivity contribution is -0.155. The second-order valence-electron chi connectivity index (χ2n) is 7.73. The number of pyridine rings is 1. The van der Waals surface area contributed by atoms with Gasteiger partial charge in [-0.1, -0.05) is 0 Å². The lowest BCUT2D eigenvalue weighted by Crippen LogP contribution is -2.50. The number of carbonyl (C=O) groups excluding carboxylic acids is 1. The molecule has 1 unspecified atom stereocenters. The van der Waals surface area contributed by atoms with Crippen molar-refractivity contribution in [2.75, 3.05) is 20.8 Å². The Kier molecular flexibility index (Phi) is 9.91. The molecule has 0 spiro atoms. The molecular weight excluding hydrogens is 510 g/mol. The Balaban J connectivity index is 2.31. The van der Waals surface area contributed by atoms with Gasteiger partial charge in [0, 0.05) is 31.8 Å². The van der Waals surface area contributed by atoms with Crippen molar-refractivity contribution in [1.29, 1.82) is 5.41 Å². The van der Waals surface area contributed by atoms with Crippen LogP contribution in [0.4, 0.5) is 31.1 Å². The monoisotopic (exact) mass is 536 g/mol. The average molecular weight is 536 g/mol. The molecule has 0 aliphatic rings. The number of carbonyl (C=O) groups is 1. The van der Waals surface area contributed by atoms with Crippen LogP contribution in [0, 0.1) is 5.41 Å². The molecular formula is C22H26F6N6O3. The van der Waals surface area contributed by atoms with Crippen LogP contribution in [0.5, 0.6) is 11.6 Å². The highest BCUT2D eigenvalue weighted by Crippen LogP contribution is 2.30. The highest BCUT2D eigenvalue weighted by atomic mass is 19.4. The summed E-state index contributed by atoms with van der Waals surface area (Å²) in [6.07, 6.45) is -7.10. The number of aryl methyl sites for hydroxylation is 1. The second-order valence-corrected chi connectivity index (χ2v) is 7.73. The molecule has 2 heterocycles. The first-order valence-electron chi connectivity index (χ1n) is 10.8. The molecule has 0 saturated carbocycles. The Morgan fingerprint density at radius 1 is 1.24 bits per heavy atom. The lowest BCUT2D eigenvalue weighted by atomic mass is 10.1. The van der Waals surface area contributed by atoms with Crippen LogP contribution in [-0.4, -0.2) is 58.4 Å². The van der Waals surface area contributed by atoms with Crippen LogP contribution in [0.1, 0.15) is 25.5 Å². The van der Waals surface area contributed by atoms with E-state index in [1.807, 2.05) is 0 Å². The van der Waals surface area contributed by atoms with Crippen LogP contribution in [0.3, 0.4) is 0 Å². The van der Waals surface area contributed by atoms with Crippen molar-refractivity contribution in [1.82, 2.24) is 24.8 Å². The molecule has 0 radical (unpaired) electrons. The molecule has 2 amide bonds. The van der Waals surface area contributed by atoms with Crippen LogP contribution >= 0.6 is 0 Å². The van der Waals surface area contributed by atoms with E-state index in [0.29, 0.717) is 17.0 Å². The van der Waals surface area contributed by atoms with Crippen molar-refractivity contribution >= 4 is 6.03 Å². The molecule has 0 aromatic carbocycles. The molecule has 0 fully saturated rings. The van der Waals surface area contributed by atoms with Crippen LogP contribution in [0.2, 0.25) is 0 Å². The number of ether oxygens (including phenoxy) is 2. The van der Waals surface area contributed by atoms with E-state index in [0.717, 1.165) is 4.90 Å². The summed E-state index contributed by atoms with van der Waals surface area (Å²) < 4.78 is 89.5. The number of allylic oxidation sites excluding steroid dienone is 1. The second kappa shape index (κ2) is 12.5. The van der Waals surface area contributed by atoms with Gasteiger partial charge in [0.1, 0.15) is 11.8 Å². The molecule has 2 rings (SSSR count). The van der Waals surface area contributed by atoms with Gasteiger partial charge in [0.05, 0.1) is 38.3 Å².